The summed E-state index contributed by atoms with van der Waals surface area (Å²) < 4.78 is 3.88. The van der Waals surface area contributed by atoms with E-state index < -0.39 is 0 Å². The number of hydrogen-bond acceptors (Lipinski definition) is 2. The van der Waals surface area contributed by atoms with E-state index in [1.807, 2.05) is 19.3 Å². The van der Waals surface area contributed by atoms with Gasteiger partial charge in [-0.2, -0.15) is 0 Å². The summed E-state index contributed by atoms with van der Waals surface area (Å²) in [5.74, 6) is 1.09. The van der Waals surface area contributed by atoms with Crippen LogP contribution in [0.4, 0.5) is 5.95 Å². The van der Waals surface area contributed by atoms with Crippen LogP contribution in [0.2, 0.25) is 0 Å². The first-order chi connectivity index (χ1) is 13.1. The van der Waals surface area contributed by atoms with E-state index in [1.165, 1.54) is 36.8 Å². The Hall–Kier alpha value is -2.56. The van der Waals surface area contributed by atoms with Crippen molar-refractivity contribution < 1.29 is 4.57 Å². The number of fused-ring (bicyclic) bond motifs is 1. The zero-order valence-electron chi connectivity index (χ0n) is 16.2. The second kappa shape index (κ2) is 5.98. The van der Waals surface area contributed by atoms with Crippen LogP contribution >= 0.6 is 0 Å². The maximum atomic E-state index is 13.0. The molecule has 2 fully saturated rings. The van der Waals surface area contributed by atoms with Crippen molar-refractivity contribution in [3.05, 3.63) is 58.0 Å². The fraction of sp³-hybridized carbons (Fsp3) is 0.455. The second-order valence-corrected chi connectivity index (χ2v) is 8.48. The van der Waals surface area contributed by atoms with Crippen LogP contribution in [0.1, 0.15) is 36.8 Å². The van der Waals surface area contributed by atoms with E-state index in [9.17, 15) is 4.79 Å². The first-order valence-electron chi connectivity index (χ1n) is 9.97. The number of rotatable bonds is 3. The van der Waals surface area contributed by atoms with Gasteiger partial charge in [-0.25, -0.2) is 9.55 Å². The number of anilines is 1. The summed E-state index contributed by atoms with van der Waals surface area (Å²) in [5, 5.41) is 0. The summed E-state index contributed by atoms with van der Waals surface area (Å²) in [6.07, 6.45) is 7.13. The SMILES string of the molecule is Cc1ccccc1C[n+]1c(N2CCCC3(CC3)C2)[nH]c2ccn(C)c(=O)c21. The van der Waals surface area contributed by atoms with Crippen LogP contribution in [0.3, 0.4) is 0 Å². The highest BCUT2D eigenvalue weighted by Gasteiger charge is 2.48. The van der Waals surface area contributed by atoms with Crippen LogP contribution < -0.4 is 15.0 Å². The van der Waals surface area contributed by atoms with Gasteiger partial charge in [-0.1, -0.05) is 24.3 Å². The van der Waals surface area contributed by atoms with Crippen LogP contribution in [0, 0.1) is 12.3 Å². The molecule has 0 unspecified atom stereocenters. The van der Waals surface area contributed by atoms with Crippen LogP contribution in [0.5, 0.6) is 0 Å². The highest BCUT2D eigenvalue weighted by Crippen LogP contribution is 2.52. The molecule has 1 aromatic carbocycles. The number of hydrogen-bond donors (Lipinski definition) is 1. The third kappa shape index (κ3) is 2.76. The van der Waals surface area contributed by atoms with Gasteiger partial charge in [-0.05, 0) is 49.8 Å². The molecule has 1 aliphatic carbocycles. The van der Waals surface area contributed by atoms with Crippen molar-refractivity contribution in [1.82, 2.24) is 9.55 Å². The summed E-state index contributed by atoms with van der Waals surface area (Å²) in [6.45, 7) is 5.02. The molecular formula is C22H27N4O+. The molecule has 5 heteroatoms. The molecule has 1 N–H and O–H groups in total. The summed E-state index contributed by atoms with van der Waals surface area (Å²) in [4.78, 5) is 19.0. The van der Waals surface area contributed by atoms with Gasteiger partial charge in [0.2, 0.25) is 5.52 Å². The number of pyridine rings is 1. The monoisotopic (exact) mass is 363 g/mol. The van der Waals surface area contributed by atoms with Gasteiger partial charge < -0.3 is 4.57 Å². The first kappa shape index (κ1) is 16.6. The van der Waals surface area contributed by atoms with Crippen molar-refractivity contribution in [3.63, 3.8) is 0 Å². The second-order valence-electron chi connectivity index (χ2n) is 8.48. The van der Waals surface area contributed by atoms with Crippen LogP contribution in [-0.2, 0) is 13.6 Å². The number of aryl methyl sites for hydroxylation is 2. The Balaban J connectivity index is 1.67. The number of nitrogens with one attached hydrogen (secondary N) is 1. The molecule has 5 rings (SSSR count). The smallest absolute Gasteiger partial charge is 0.315 e. The number of imidazole rings is 1. The van der Waals surface area contributed by atoms with Crippen molar-refractivity contribution in [2.24, 2.45) is 12.5 Å². The van der Waals surface area contributed by atoms with Crippen molar-refractivity contribution >= 4 is 17.0 Å². The zero-order valence-corrected chi connectivity index (χ0v) is 16.2. The van der Waals surface area contributed by atoms with E-state index in [4.69, 9.17) is 0 Å². The fourth-order valence-electron chi connectivity index (χ4n) is 4.61. The van der Waals surface area contributed by atoms with E-state index in [0.717, 1.165) is 30.1 Å². The van der Waals surface area contributed by atoms with E-state index in [1.54, 1.807) is 4.57 Å². The van der Waals surface area contributed by atoms with E-state index in [2.05, 4.69) is 45.6 Å². The van der Waals surface area contributed by atoms with Crippen LogP contribution in [-0.4, -0.2) is 22.6 Å². The highest BCUT2D eigenvalue weighted by molar-refractivity contribution is 5.72. The van der Waals surface area contributed by atoms with Gasteiger partial charge in [-0.3, -0.25) is 9.69 Å². The molecular weight excluding hydrogens is 336 g/mol. The van der Waals surface area contributed by atoms with Gasteiger partial charge >= 0.3 is 5.95 Å². The molecule has 1 saturated carbocycles. The Morgan fingerprint density at radius 2 is 2.00 bits per heavy atom. The topological polar surface area (TPSA) is 44.9 Å². The Labute approximate surface area is 159 Å². The minimum Gasteiger partial charge on any atom is -0.315 e. The van der Waals surface area contributed by atoms with E-state index >= 15 is 0 Å². The van der Waals surface area contributed by atoms with E-state index in [-0.39, 0.29) is 5.56 Å². The van der Waals surface area contributed by atoms with Gasteiger partial charge in [-0.15, -0.1) is 0 Å². The molecule has 0 bridgehead atoms. The van der Waals surface area contributed by atoms with Crippen molar-refractivity contribution in [2.45, 2.75) is 39.2 Å². The Morgan fingerprint density at radius 3 is 2.78 bits per heavy atom. The fourth-order valence-corrected chi connectivity index (χ4v) is 4.61. The molecule has 3 heterocycles. The average molecular weight is 363 g/mol. The lowest BCUT2D eigenvalue weighted by atomic mass is 9.95. The van der Waals surface area contributed by atoms with Crippen molar-refractivity contribution in [1.29, 1.82) is 0 Å². The number of H-pyrrole nitrogens is 1. The van der Waals surface area contributed by atoms with Crippen molar-refractivity contribution in [3.8, 4) is 0 Å². The predicted molar refractivity (Wildman–Crippen MR) is 107 cm³/mol. The van der Waals surface area contributed by atoms with Gasteiger partial charge in [0.25, 0.3) is 5.56 Å². The molecule has 3 aromatic rings. The lowest BCUT2D eigenvalue weighted by Gasteiger charge is -2.29. The molecule has 1 spiro atoms. The molecule has 2 aliphatic rings. The predicted octanol–water partition coefficient (Wildman–Crippen LogP) is 2.89. The molecule has 1 saturated heterocycles. The molecule has 0 radical (unpaired) electrons. The summed E-state index contributed by atoms with van der Waals surface area (Å²) >= 11 is 0. The summed E-state index contributed by atoms with van der Waals surface area (Å²) in [7, 11) is 1.83. The third-order valence-corrected chi connectivity index (χ3v) is 6.52. The maximum Gasteiger partial charge on any atom is 0.358 e. The number of benzene rings is 1. The highest BCUT2D eigenvalue weighted by atomic mass is 16.1. The maximum absolute atomic E-state index is 13.0. The molecule has 0 amide bonds. The minimum absolute atomic E-state index is 0.0572. The molecule has 140 valence electrons. The first-order valence-corrected chi connectivity index (χ1v) is 9.97. The standard InChI is InChI=1S/C22H26N4O/c1-16-6-3-4-7-17(16)14-26-19-18(8-13-24(2)20(19)27)23-21(26)25-12-5-9-22(15-25)10-11-22/h3-4,6-8,13H,5,9-12,14-15H2,1-2H3/p+1. The third-order valence-electron chi connectivity index (χ3n) is 6.52. The normalized spacial score (nSPS) is 18.4. The summed E-state index contributed by atoms with van der Waals surface area (Å²) in [6, 6.07) is 10.5. The Morgan fingerprint density at radius 1 is 1.19 bits per heavy atom. The number of nitrogens with zero attached hydrogens (tertiary/aromatic N) is 3. The number of aromatic amines is 1. The quantitative estimate of drug-likeness (QED) is 0.727. The Bertz CT molecular complexity index is 1070. The Kier molecular flexibility index (Phi) is 3.67. The molecule has 0 atom stereocenters. The number of piperidine rings is 1. The lowest BCUT2D eigenvalue weighted by Crippen LogP contribution is -2.47. The minimum atomic E-state index is 0.0572. The van der Waals surface area contributed by atoms with Gasteiger partial charge in [0, 0.05) is 18.7 Å². The lowest BCUT2D eigenvalue weighted by molar-refractivity contribution is -0.650. The summed E-state index contributed by atoms with van der Waals surface area (Å²) in [5.41, 5.74) is 4.80. The zero-order chi connectivity index (χ0) is 18.6. The van der Waals surface area contributed by atoms with Gasteiger partial charge in [0.05, 0.1) is 19.6 Å². The molecule has 5 nitrogen and oxygen atoms in total. The average Bonchev–Trinajstić information content (AvgIpc) is 3.30. The van der Waals surface area contributed by atoms with Gasteiger partial charge in [0.15, 0.2) is 0 Å². The molecule has 1 aliphatic heterocycles. The van der Waals surface area contributed by atoms with Gasteiger partial charge in [0.1, 0.15) is 5.52 Å². The largest absolute Gasteiger partial charge is 0.358 e. The molecule has 27 heavy (non-hydrogen) atoms. The van der Waals surface area contributed by atoms with Crippen molar-refractivity contribution in [2.75, 3.05) is 18.0 Å². The van der Waals surface area contributed by atoms with Crippen LogP contribution in [0.15, 0.2) is 41.3 Å². The molecule has 2 aromatic heterocycles. The van der Waals surface area contributed by atoms with Crippen LogP contribution in [0.25, 0.3) is 11.0 Å². The van der Waals surface area contributed by atoms with E-state index in [0.29, 0.717) is 12.0 Å². The number of aromatic nitrogens is 3.